The lowest BCUT2D eigenvalue weighted by Gasteiger charge is -2.45. The molecule has 0 saturated heterocycles. The van der Waals surface area contributed by atoms with E-state index in [0.717, 1.165) is 25.7 Å². The third kappa shape index (κ3) is 1.62. The molecule has 2 atom stereocenters. The normalized spacial score (nSPS) is 38.7. The zero-order chi connectivity index (χ0) is 11.0. The first kappa shape index (κ1) is 10.5. The summed E-state index contributed by atoms with van der Waals surface area (Å²) >= 11 is 0. The first-order valence-electron chi connectivity index (χ1n) is 5.45. The molecule has 3 rings (SSSR count). The maximum atomic E-state index is 11.6. The molecule has 0 aromatic carbocycles. The van der Waals surface area contributed by atoms with Gasteiger partial charge in [0.05, 0.1) is 18.9 Å². The van der Waals surface area contributed by atoms with E-state index in [0.29, 0.717) is 0 Å². The second kappa shape index (κ2) is 3.83. The molecule has 0 aromatic rings. The molecule has 0 aromatic heterocycles. The predicted octanol–water partition coefficient (Wildman–Crippen LogP) is 1.30. The molecule has 3 fully saturated rings. The predicted molar refractivity (Wildman–Crippen MR) is 52.1 cm³/mol. The van der Waals surface area contributed by atoms with Crippen LogP contribution < -0.4 is 0 Å². The highest BCUT2D eigenvalue weighted by molar-refractivity contribution is 5.82. The highest BCUT2D eigenvalue weighted by Gasteiger charge is 2.50. The molecule has 3 saturated carbocycles. The Bertz CT molecular complexity index is 278. The number of rotatable bonds is 2. The summed E-state index contributed by atoms with van der Waals surface area (Å²) in [5.74, 6) is -1.68. The Kier molecular flexibility index (Phi) is 2.67. The van der Waals surface area contributed by atoms with Gasteiger partial charge in [-0.25, -0.2) is 0 Å². The summed E-state index contributed by atoms with van der Waals surface area (Å²) in [6.07, 6.45) is 3.87. The maximum absolute atomic E-state index is 11.6. The molecule has 84 valence electrons. The summed E-state index contributed by atoms with van der Waals surface area (Å²) < 4.78 is 4.72. The maximum Gasteiger partial charge on any atom is 0.309 e. The average Bonchev–Trinajstić information content (AvgIpc) is 2.28. The molecule has 0 radical (unpaired) electrons. The molecular formula is C11H16O4. The quantitative estimate of drug-likeness (QED) is 0.701. The van der Waals surface area contributed by atoms with Gasteiger partial charge in [0.2, 0.25) is 0 Å². The van der Waals surface area contributed by atoms with Crippen LogP contribution in [0.1, 0.15) is 25.7 Å². The molecule has 0 heterocycles. The molecule has 2 bridgehead atoms. The second-order valence-corrected chi connectivity index (χ2v) is 4.59. The van der Waals surface area contributed by atoms with E-state index in [1.54, 1.807) is 0 Å². The summed E-state index contributed by atoms with van der Waals surface area (Å²) in [7, 11) is 1.34. The lowest BCUT2D eigenvalue weighted by Crippen LogP contribution is -2.47. The molecule has 0 spiro atoms. The van der Waals surface area contributed by atoms with Crippen molar-refractivity contribution in [1.82, 2.24) is 0 Å². The number of carboxylic acid groups (broad SMARTS) is 1. The Morgan fingerprint density at radius 2 is 1.53 bits per heavy atom. The van der Waals surface area contributed by atoms with Crippen LogP contribution in [-0.4, -0.2) is 24.2 Å². The molecule has 1 N–H and O–H groups in total. The van der Waals surface area contributed by atoms with Crippen molar-refractivity contribution in [2.75, 3.05) is 7.11 Å². The van der Waals surface area contributed by atoms with Gasteiger partial charge in [0.15, 0.2) is 0 Å². The number of fused-ring (bicyclic) bond motifs is 3. The summed E-state index contributed by atoms with van der Waals surface area (Å²) in [5.41, 5.74) is 0. The van der Waals surface area contributed by atoms with Crippen molar-refractivity contribution in [2.24, 2.45) is 23.7 Å². The van der Waals surface area contributed by atoms with Gasteiger partial charge in [0.1, 0.15) is 0 Å². The van der Waals surface area contributed by atoms with Gasteiger partial charge < -0.3 is 9.84 Å². The molecule has 4 nitrogen and oxygen atoms in total. The van der Waals surface area contributed by atoms with E-state index in [-0.39, 0.29) is 17.8 Å². The molecule has 4 heteroatoms. The fourth-order valence-electron chi connectivity index (χ4n) is 3.28. The first-order valence-corrected chi connectivity index (χ1v) is 5.45. The zero-order valence-corrected chi connectivity index (χ0v) is 8.81. The fourth-order valence-corrected chi connectivity index (χ4v) is 3.28. The average molecular weight is 212 g/mol. The van der Waals surface area contributed by atoms with Crippen LogP contribution >= 0.6 is 0 Å². The van der Waals surface area contributed by atoms with Crippen LogP contribution in [0.2, 0.25) is 0 Å². The number of carbonyl (C=O) groups is 2. The second-order valence-electron chi connectivity index (χ2n) is 4.59. The minimum absolute atomic E-state index is 0.177. The Balaban J connectivity index is 2.24. The van der Waals surface area contributed by atoms with Gasteiger partial charge >= 0.3 is 11.9 Å². The molecular weight excluding hydrogens is 196 g/mol. The molecule has 3 aliphatic carbocycles. The largest absolute Gasteiger partial charge is 0.481 e. The van der Waals surface area contributed by atoms with E-state index in [2.05, 4.69) is 0 Å². The van der Waals surface area contributed by atoms with E-state index in [4.69, 9.17) is 9.84 Å². The van der Waals surface area contributed by atoms with Gasteiger partial charge in [-0.1, -0.05) is 0 Å². The van der Waals surface area contributed by atoms with Crippen LogP contribution in [0.4, 0.5) is 0 Å². The van der Waals surface area contributed by atoms with E-state index in [1.807, 2.05) is 0 Å². The van der Waals surface area contributed by atoms with Crippen LogP contribution in [0, 0.1) is 23.7 Å². The van der Waals surface area contributed by atoms with Crippen LogP contribution in [0.5, 0.6) is 0 Å². The number of aliphatic carboxylic acids is 1. The van der Waals surface area contributed by atoms with Crippen molar-refractivity contribution in [3.05, 3.63) is 0 Å². The third-order valence-electron chi connectivity index (χ3n) is 3.98. The summed E-state index contributed by atoms with van der Waals surface area (Å²) in [6.45, 7) is 0. The Labute approximate surface area is 88.6 Å². The van der Waals surface area contributed by atoms with Crippen LogP contribution in [0.25, 0.3) is 0 Å². The Morgan fingerprint density at radius 3 is 1.93 bits per heavy atom. The van der Waals surface area contributed by atoms with Crippen molar-refractivity contribution >= 4 is 11.9 Å². The SMILES string of the molecule is COC(=O)C1C2CCC(CC2)[C@H]1C(=O)O. The number of methoxy groups -OCH3 is 1. The van der Waals surface area contributed by atoms with Gasteiger partial charge in [-0.3, -0.25) is 9.59 Å². The van der Waals surface area contributed by atoms with E-state index < -0.39 is 17.8 Å². The lowest BCUT2D eigenvalue weighted by molar-refractivity contribution is -0.167. The van der Waals surface area contributed by atoms with Gasteiger partial charge in [0.25, 0.3) is 0 Å². The molecule has 0 aliphatic heterocycles. The van der Waals surface area contributed by atoms with Gasteiger partial charge in [-0.05, 0) is 37.5 Å². The molecule has 0 amide bonds. The number of ether oxygens (including phenoxy) is 1. The van der Waals surface area contributed by atoms with Gasteiger partial charge in [0, 0.05) is 0 Å². The fraction of sp³-hybridized carbons (Fsp3) is 0.818. The standard InChI is InChI=1S/C11H16O4/c1-15-11(14)9-7-4-2-6(3-5-7)8(9)10(12)13/h6-9H,2-5H2,1H3,(H,12,13)/t6?,7?,8-,9?/m1/s1. The summed E-state index contributed by atoms with van der Waals surface area (Å²) in [5, 5.41) is 9.17. The Hall–Kier alpha value is -1.06. The Morgan fingerprint density at radius 1 is 1.07 bits per heavy atom. The monoisotopic (exact) mass is 212 g/mol. The van der Waals surface area contributed by atoms with Crippen LogP contribution in [0.3, 0.4) is 0 Å². The minimum atomic E-state index is -0.834. The summed E-state index contributed by atoms with van der Waals surface area (Å²) in [4.78, 5) is 22.8. The molecule has 15 heavy (non-hydrogen) atoms. The topological polar surface area (TPSA) is 63.6 Å². The van der Waals surface area contributed by atoms with Crippen LogP contribution in [0.15, 0.2) is 0 Å². The zero-order valence-electron chi connectivity index (χ0n) is 8.81. The third-order valence-corrected chi connectivity index (χ3v) is 3.98. The molecule has 3 aliphatic rings. The molecule has 1 unspecified atom stereocenters. The van der Waals surface area contributed by atoms with Crippen molar-refractivity contribution < 1.29 is 19.4 Å². The van der Waals surface area contributed by atoms with E-state index >= 15 is 0 Å². The van der Waals surface area contributed by atoms with E-state index in [9.17, 15) is 9.59 Å². The number of hydrogen-bond acceptors (Lipinski definition) is 3. The number of esters is 1. The highest BCUT2D eigenvalue weighted by Crippen LogP contribution is 2.49. The summed E-state index contributed by atoms with van der Waals surface area (Å²) in [6, 6.07) is 0. The van der Waals surface area contributed by atoms with E-state index in [1.165, 1.54) is 7.11 Å². The first-order chi connectivity index (χ1) is 7.15. The number of carbonyl (C=O) groups excluding carboxylic acids is 1. The smallest absolute Gasteiger partial charge is 0.309 e. The van der Waals surface area contributed by atoms with Gasteiger partial charge in [-0.2, -0.15) is 0 Å². The number of carboxylic acids is 1. The van der Waals surface area contributed by atoms with Crippen LogP contribution in [-0.2, 0) is 14.3 Å². The minimum Gasteiger partial charge on any atom is -0.481 e. The van der Waals surface area contributed by atoms with Crippen molar-refractivity contribution in [1.29, 1.82) is 0 Å². The van der Waals surface area contributed by atoms with Gasteiger partial charge in [-0.15, -0.1) is 0 Å². The van der Waals surface area contributed by atoms with Crippen molar-refractivity contribution in [3.8, 4) is 0 Å². The number of hydrogen-bond donors (Lipinski definition) is 1. The van der Waals surface area contributed by atoms with Crippen molar-refractivity contribution in [2.45, 2.75) is 25.7 Å². The lowest BCUT2D eigenvalue weighted by atomic mass is 9.58. The van der Waals surface area contributed by atoms with Crippen molar-refractivity contribution in [3.63, 3.8) is 0 Å². The highest BCUT2D eigenvalue weighted by atomic mass is 16.5.